The first-order valence-corrected chi connectivity index (χ1v) is 5.34. The number of esters is 1. The Labute approximate surface area is 84.8 Å². The van der Waals surface area contributed by atoms with Gasteiger partial charge in [0.2, 0.25) is 0 Å². The maximum absolute atomic E-state index is 11.5. The van der Waals surface area contributed by atoms with E-state index >= 15 is 0 Å². The Bertz CT molecular complexity index is 223. The molecule has 3 heteroatoms. The minimum absolute atomic E-state index is 0.120. The van der Waals surface area contributed by atoms with E-state index < -0.39 is 0 Å². The van der Waals surface area contributed by atoms with E-state index in [4.69, 9.17) is 4.74 Å². The summed E-state index contributed by atoms with van der Waals surface area (Å²) in [4.78, 5) is 23.0. The van der Waals surface area contributed by atoms with Gasteiger partial charge in [-0.1, -0.05) is 13.3 Å². The maximum Gasteiger partial charge on any atom is 0.309 e. The molecule has 0 amide bonds. The van der Waals surface area contributed by atoms with Crippen LogP contribution in [0.5, 0.6) is 0 Å². The molecule has 1 rings (SSSR count). The van der Waals surface area contributed by atoms with E-state index in [1.54, 1.807) is 6.92 Å². The van der Waals surface area contributed by atoms with Crippen molar-refractivity contribution in [2.75, 3.05) is 6.61 Å². The van der Waals surface area contributed by atoms with Gasteiger partial charge in [-0.2, -0.15) is 0 Å². The summed E-state index contributed by atoms with van der Waals surface area (Å²) in [7, 11) is 0. The maximum atomic E-state index is 11.5. The minimum Gasteiger partial charge on any atom is -0.466 e. The summed E-state index contributed by atoms with van der Waals surface area (Å²) in [5.74, 6) is -0.0580. The molecule has 2 atom stereocenters. The molecule has 0 radical (unpaired) electrons. The number of ether oxygens (including phenoxy) is 1. The summed E-state index contributed by atoms with van der Waals surface area (Å²) in [6.07, 6.45) is 3.04. The average molecular weight is 198 g/mol. The summed E-state index contributed by atoms with van der Waals surface area (Å²) < 4.78 is 4.93. The molecule has 2 unspecified atom stereocenters. The van der Waals surface area contributed by atoms with Gasteiger partial charge in [0, 0.05) is 12.3 Å². The topological polar surface area (TPSA) is 43.4 Å². The third-order valence-corrected chi connectivity index (χ3v) is 2.81. The predicted molar refractivity (Wildman–Crippen MR) is 52.8 cm³/mol. The molecule has 80 valence electrons. The van der Waals surface area contributed by atoms with E-state index in [9.17, 15) is 9.59 Å². The lowest BCUT2D eigenvalue weighted by molar-refractivity contribution is -0.149. The lowest BCUT2D eigenvalue weighted by Crippen LogP contribution is -2.20. The summed E-state index contributed by atoms with van der Waals surface area (Å²) in [5, 5.41) is 0. The van der Waals surface area contributed by atoms with Crippen LogP contribution in [-0.4, -0.2) is 18.4 Å². The molecule has 1 aliphatic rings. The lowest BCUT2D eigenvalue weighted by atomic mass is 9.98. The molecule has 14 heavy (non-hydrogen) atoms. The monoisotopic (exact) mass is 198 g/mol. The zero-order valence-electron chi connectivity index (χ0n) is 8.91. The molecule has 0 bridgehead atoms. The molecule has 0 aromatic rings. The highest BCUT2D eigenvalue weighted by Gasteiger charge is 2.28. The highest BCUT2D eigenvalue weighted by molar-refractivity contribution is 5.86. The van der Waals surface area contributed by atoms with E-state index in [0.717, 1.165) is 19.3 Å². The fourth-order valence-electron chi connectivity index (χ4n) is 1.84. The van der Waals surface area contributed by atoms with Gasteiger partial charge in [0.25, 0.3) is 0 Å². The lowest BCUT2D eigenvalue weighted by Gasteiger charge is -2.11. The molecule has 1 saturated carbocycles. The van der Waals surface area contributed by atoms with Gasteiger partial charge in [-0.25, -0.2) is 0 Å². The van der Waals surface area contributed by atoms with Crippen LogP contribution in [-0.2, 0) is 14.3 Å². The van der Waals surface area contributed by atoms with Crippen molar-refractivity contribution in [1.82, 2.24) is 0 Å². The first-order chi connectivity index (χ1) is 6.65. The van der Waals surface area contributed by atoms with Crippen molar-refractivity contribution >= 4 is 11.8 Å². The molecule has 0 aromatic heterocycles. The number of carbonyl (C=O) groups is 2. The van der Waals surface area contributed by atoms with Crippen molar-refractivity contribution in [3.05, 3.63) is 0 Å². The van der Waals surface area contributed by atoms with Gasteiger partial charge in [-0.3, -0.25) is 9.59 Å². The van der Waals surface area contributed by atoms with E-state index in [1.165, 1.54) is 0 Å². The molecule has 0 N–H and O–H groups in total. The second kappa shape index (κ2) is 5.13. The van der Waals surface area contributed by atoms with Crippen molar-refractivity contribution < 1.29 is 14.3 Å². The van der Waals surface area contributed by atoms with Gasteiger partial charge < -0.3 is 4.74 Å². The Morgan fingerprint density at radius 1 is 1.50 bits per heavy atom. The summed E-state index contributed by atoms with van der Waals surface area (Å²) in [6, 6.07) is 0. The van der Waals surface area contributed by atoms with E-state index in [1.807, 2.05) is 6.92 Å². The highest BCUT2D eigenvalue weighted by atomic mass is 16.5. The van der Waals surface area contributed by atoms with Crippen LogP contribution in [0.1, 0.15) is 39.5 Å². The number of ketones is 1. The number of carbonyl (C=O) groups excluding carboxylic acids is 2. The normalized spacial score (nSPS) is 28.3. The van der Waals surface area contributed by atoms with Crippen LogP contribution in [0.15, 0.2) is 0 Å². The molecule has 0 heterocycles. The van der Waals surface area contributed by atoms with Crippen LogP contribution < -0.4 is 0 Å². The minimum atomic E-state index is -0.199. The largest absolute Gasteiger partial charge is 0.466 e. The molecule has 1 aliphatic carbocycles. The van der Waals surface area contributed by atoms with Crippen LogP contribution in [0.25, 0.3) is 0 Å². The Balaban J connectivity index is 2.54. The number of hydrogen-bond acceptors (Lipinski definition) is 3. The fourth-order valence-corrected chi connectivity index (χ4v) is 1.84. The van der Waals surface area contributed by atoms with Crippen molar-refractivity contribution in [2.45, 2.75) is 39.5 Å². The predicted octanol–water partition coefficient (Wildman–Crippen LogP) is 1.94. The van der Waals surface area contributed by atoms with Crippen LogP contribution in [0, 0.1) is 11.8 Å². The molecule has 0 aliphatic heterocycles. The van der Waals surface area contributed by atoms with Gasteiger partial charge in [-0.05, 0) is 19.8 Å². The third kappa shape index (κ3) is 2.82. The van der Waals surface area contributed by atoms with E-state index in [2.05, 4.69) is 0 Å². The third-order valence-electron chi connectivity index (χ3n) is 2.81. The number of rotatable bonds is 2. The highest BCUT2D eigenvalue weighted by Crippen LogP contribution is 2.25. The van der Waals surface area contributed by atoms with Crippen LogP contribution >= 0.6 is 0 Å². The second-order valence-electron chi connectivity index (χ2n) is 3.95. The molecular weight excluding hydrogens is 180 g/mol. The molecule has 3 nitrogen and oxygen atoms in total. The van der Waals surface area contributed by atoms with Crippen LogP contribution in [0.2, 0.25) is 0 Å². The van der Waals surface area contributed by atoms with Crippen LogP contribution in [0.4, 0.5) is 0 Å². The molecule has 1 fully saturated rings. The van der Waals surface area contributed by atoms with Gasteiger partial charge >= 0.3 is 5.97 Å². The smallest absolute Gasteiger partial charge is 0.309 e. The summed E-state index contributed by atoms with van der Waals surface area (Å²) in [5.41, 5.74) is 0. The Hall–Kier alpha value is -0.860. The standard InChI is InChI=1S/C11H18O3/c1-3-14-11(13)9-6-4-5-8(2)10(12)7-9/h8-9H,3-7H2,1-2H3. The quantitative estimate of drug-likeness (QED) is 0.503. The van der Waals surface area contributed by atoms with E-state index in [-0.39, 0.29) is 23.6 Å². The first kappa shape index (κ1) is 11.2. The van der Waals surface area contributed by atoms with Gasteiger partial charge in [0.1, 0.15) is 5.78 Å². The Kier molecular flexibility index (Phi) is 4.11. The van der Waals surface area contributed by atoms with E-state index in [0.29, 0.717) is 13.0 Å². The van der Waals surface area contributed by atoms with Crippen molar-refractivity contribution in [2.24, 2.45) is 11.8 Å². The fraction of sp³-hybridized carbons (Fsp3) is 0.818. The zero-order valence-corrected chi connectivity index (χ0v) is 8.91. The van der Waals surface area contributed by atoms with Gasteiger partial charge in [0.15, 0.2) is 0 Å². The first-order valence-electron chi connectivity index (χ1n) is 5.34. The van der Waals surface area contributed by atoms with Crippen LogP contribution in [0.3, 0.4) is 0 Å². The summed E-state index contributed by atoms with van der Waals surface area (Å²) in [6.45, 7) is 4.13. The number of hydrogen-bond donors (Lipinski definition) is 0. The summed E-state index contributed by atoms with van der Waals surface area (Å²) >= 11 is 0. The molecule has 0 aromatic carbocycles. The number of Topliss-reactive ketones (excluding diaryl/α,β-unsaturated/α-hetero) is 1. The van der Waals surface area contributed by atoms with Crippen molar-refractivity contribution in [3.8, 4) is 0 Å². The van der Waals surface area contributed by atoms with Crippen molar-refractivity contribution in [1.29, 1.82) is 0 Å². The molecular formula is C11H18O3. The second-order valence-corrected chi connectivity index (χ2v) is 3.95. The average Bonchev–Trinajstić information content (AvgIpc) is 2.30. The van der Waals surface area contributed by atoms with Crippen molar-refractivity contribution in [3.63, 3.8) is 0 Å². The molecule has 0 spiro atoms. The Morgan fingerprint density at radius 2 is 2.21 bits per heavy atom. The van der Waals surface area contributed by atoms with Gasteiger partial charge in [-0.15, -0.1) is 0 Å². The zero-order chi connectivity index (χ0) is 10.6. The molecule has 0 saturated heterocycles. The SMILES string of the molecule is CCOC(=O)C1CCCC(C)C(=O)C1. The van der Waals surface area contributed by atoms with Gasteiger partial charge in [0.05, 0.1) is 12.5 Å². The Morgan fingerprint density at radius 3 is 2.86 bits per heavy atom.